The van der Waals surface area contributed by atoms with Crippen molar-refractivity contribution < 1.29 is 0 Å². The van der Waals surface area contributed by atoms with Crippen LogP contribution in [0.3, 0.4) is 0 Å². The van der Waals surface area contributed by atoms with E-state index in [2.05, 4.69) is 62.4 Å². The molecule has 0 saturated carbocycles. The van der Waals surface area contributed by atoms with Gasteiger partial charge in [-0.25, -0.2) is 0 Å². The molecular formula is C15H22N2. The summed E-state index contributed by atoms with van der Waals surface area (Å²) in [5.41, 5.74) is 4.15. The van der Waals surface area contributed by atoms with Crippen molar-refractivity contribution in [3.8, 4) is 0 Å². The number of nitrogens with one attached hydrogen (secondary N) is 2. The molecule has 0 radical (unpaired) electrons. The zero-order valence-corrected chi connectivity index (χ0v) is 11.2. The van der Waals surface area contributed by atoms with Gasteiger partial charge >= 0.3 is 0 Å². The molecule has 2 N–H and O–H groups in total. The average molecular weight is 230 g/mol. The van der Waals surface area contributed by atoms with Crippen LogP contribution in [0.2, 0.25) is 0 Å². The first-order valence-corrected chi connectivity index (χ1v) is 6.27. The molecule has 0 spiro atoms. The van der Waals surface area contributed by atoms with Gasteiger partial charge in [-0.2, -0.15) is 0 Å². The van der Waals surface area contributed by atoms with E-state index >= 15 is 0 Å². The Labute approximate surface area is 103 Å². The lowest BCUT2D eigenvalue weighted by Gasteiger charge is -2.20. The summed E-state index contributed by atoms with van der Waals surface area (Å²) in [7, 11) is 0. The Kier molecular flexibility index (Phi) is 3.25. The minimum absolute atomic E-state index is 0.197. The summed E-state index contributed by atoms with van der Waals surface area (Å²) in [5, 5.41) is 4.88. The number of aromatic amines is 1. The van der Waals surface area contributed by atoms with E-state index in [0.29, 0.717) is 0 Å². The Bertz CT molecular complexity index is 503. The van der Waals surface area contributed by atoms with Crippen LogP contribution in [0.1, 0.15) is 31.9 Å². The first kappa shape index (κ1) is 12.2. The molecule has 0 saturated heterocycles. The molecule has 1 heterocycles. The maximum absolute atomic E-state index is 3.52. The topological polar surface area (TPSA) is 27.8 Å². The normalized spacial score (nSPS) is 12.2. The number of H-pyrrole nitrogens is 1. The van der Waals surface area contributed by atoms with Crippen molar-refractivity contribution >= 4 is 10.9 Å². The van der Waals surface area contributed by atoms with Crippen molar-refractivity contribution in [1.29, 1.82) is 0 Å². The van der Waals surface area contributed by atoms with Gasteiger partial charge in [0.15, 0.2) is 0 Å². The van der Waals surface area contributed by atoms with Gasteiger partial charge in [0.25, 0.3) is 0 Å². The minimum atomic E-state index is 0.197. The molecule has 0 fully saturated rings. The van der Waals surface area contributed by atoms with Gasteiger partial charge in [0, 0.05) is 22.6 Å². The van der Waals surface area contributed by atoms with E-state index < -0.39 is 0 Å². The molecule has 0 aliphatic heterocycles. The van der Waals surface area contributed by atoms with Crippen LogP contribution in [0.15, 0.2) is 24.4 Å². The number of hydrogen-bond acceptors (Lipinski definition) is 1. The number of aryl methyl sites for hydroxylation is 1. The number of hydrogen-bond donors (Lipinski definition) is 2. The van der Waals surface area contributed by atoms with Crippen LogP contribution in [-0.4, -0.2) is 17.1 Å². The molecule has 0 aliphatic carbocycles. The lowest BCUT2D eigenvalue weighted by molar-refractivity contribution is 0.430. The van der Waals surface area contributed by atoms with Gasteiger partial charge in [0.1, 0.15) is 0 Å². The van der Waals surface area contributed by atoms with E-state index in [0.717, 1.165) is 13.0 Å². The van der Waals surface area contributed by atoms with Gasteiger partial charge in [-0.1, -0.05) is 12.1 Å². The van der Waals surface area contributed by atoms with Crippen LogP contribution < -0.4 is 5.32 Å². The van der Waals surface area contributed by atoms with Gasteiger partial charge in [-0.3, -0.25) is 0 Å². The maximum Gasteiger partial charge on any atom is 0.0459 e. The zero-order chi connectivity index (χ0) is 12.5. The number of rotatable bonds is 3. The highest BCUT2D eigenvalue weighted by molar-refractivity contribution is 5.83. The molecule has 17 heavy (non-hydrogen) atoms. The molecule has 1 aromatic heterocycles. The fraction of sp³-hybridized carbons (Fsp3) is 0.467. The third-order valence-electron chi connectivity index (χ3n) is 2.97. The molecule has 2 rings (SSSR count). The quantitative estimate of drug-likeness (QED) is 0.831. The summed E-state index contributed by atoms with van der Waals surface area (Å²) in [5.74, 6) is 0. The smallest absolute Gasteiger partial charge is 0.0459 e. The summed E-state index contributed by atoms with van der Waals surface area (Å²) >= 11 is 0. The van der Waals surface area contributed by atoms with Crippen molar-refractivity contribution in [2.45, 2.75) is 39.7 Å². The van der Waals surface area contributed by atoms with Crippen LogP contribution in [0, 0.1) is 6.92 Å². The third kappa shape index (κ3) is 3.10. The SMILES string of the molecule is Cc1ccc2c(CCNC(C)(C)C)c[nH]c2c1. The van der Waals surface area contributed by atoms with E-state index in [1.807, 2.05) is 0 Å². The van der Waals surface area contributed by atoms with Crippen LogP contribution >= 0.6 is 0 Å². The van der Waals surface area contributed by atoms with Crippen LogP contribution in [0.25, 0.3) is 10.9 Å². The van der Waals surface area contributed by atoms with E-state index in [-0.39, 0.29) is 5.54 Å². The zero-order valence-electron chi connectivity index (χ0n) is 11.2. The lowest BCUT2D eigenvalue weighted by atomic mass is 10.1. The standard InChI is InChI=1S/C15H22N2/c1-11-5-6-13-12(10-16-14(13)9-11)7-8-17-15(2,3)4/h5-6,9-10,16-17H,7-8H2,1-4H3. The fourth-order valence-corrected chi connectivity index (χ4v) is 2.08. The van der Waals surface area contributed by atoms with Crippen LogP contribution in [0.5, 0.6) is 0 Å². The molecule has 0 bridgehead atoms. The van der Waals surface area contributed by atoms with E-state index in [4.69, 9.17) is 0 Å². The molecule has 0 atom stereocenters. The van der Waals surface area contributed by atoms with Crippen molar-refractivity contribution in [3.05, 3.63) is 35.5 Å². The Morgan fingerprint density at radius 1 is 1.24 bits per heavy atom. The first-order valence-electron chi connectivity index (χ1n) is 6.27. The molecule has 2 aromatic rings. The molecule has 0 amide bonds. The lowest BCUT2D eigenvalue weighted by Crippen LogP contribution is -2.37. The van der Waals surface area contributed by atoms with Gasteiger partial charge in [-0.15, -0.1) is 0 Å². The number of fused-ring (bicyclic) bond motifs is 1. The highest BCUT2D eigenvalue weighted by Gasteiger charge is 2.09. The molecule has 1 aromatic carbocycles. The number of aromatic nitrogens is 1. The van der Waals surface area contributed by atoms with Crippen molar-refractivity contribution in [2.75, 3.05) is 6.54 Å². The fourth-order valence-electron chi connectivity index (χ4n) is 2.08. The van der Waals surface area contributed by atoms with E-state index in [1.54, 1.807) is 0 Å². The molecule has 0 aliphatic rings. The summed E-state index contributed by atoms with van der Waals surface area (Å²) < 4.78 is 0. The monoisotopic (exact) mass is 230 g/mol. The predicted octanol–water partition coefficient (Wildman–Crippen LogP) is 3.41. The second-order valence-electron chi connectivity index (χ2n) is 5.79. The maximum atomic E-state index is 3.52. The minimum Gasteiger partial charge on any atom is -0.361 e. The molecular weight excluding hydrogens is 208 g/mol. The second kappa shape index (κ2) is 4.53. The Morgan fingerprint density at radius 2 is 2.00 bits per heavy atom. The molecule has 2 heteroatoms. The summed E-state index contributed by atoms with van der Waals surface area (Å²) in [6.45, 7) is 9.74. The van der Waals surface area contributed by atoms with Gasteiger partial charge in [0.2, 0.25) is 0 Å². The van der Waals surface area contributed by atoms with Crippen LogP contribution in [0.4, 0.5) is 0 Å². The van der Waals surface area contributed by atoms with Gasteiger partial charge in [0.05, 0.1) is 0 Å². The molecule has 92 valence electrons. The van der Waals surface area contributed by atoms with Gasteiger partial charge < -0.3 is 10.3 Å². The summed E-state index contributed by atoms with van der Waals surface area (Å²) in [4.78, 5) is 3.35. The Hall–Kier alpha value is -1.28. The second-order valence-corrected chi connectivity index (χ2v) is 5.79. The summed E-state index contributed by atoms with van der Waals surface area (Å²) in [6.07, 6.45) is 3.20. The molecule has 2 nitrogen and oxygen atoms in total. The van der Waals surface area contributed by atoms with Crippen LogP contribution in [-0.2, 0) is 6.42 Å². The largest absolute Gasteiger partial charge is 0.361 e. The van der Waals surface area contributed by atoms with E-state index in [1.165, 1.54) is 22.0 Å². The Balaban J connectivity index is 2.09. The predicted molar refractivity (Wildman–Crippen MR) is 74.5 cm³/mol. The Morgan fingerprint density at radius 3 is 2.71 bits per heavy atom. The summed E-state index contributed by atoms with van der Waals surface area (Å²) in [6, 6.07) is 6.60. The van der Waals surface area contributed by atoms with Gasteiger partial charge in [-0.05, 0) is 57.9 Å². The highest BCUT2D eigenvalue weighted by Crippen LogP contribution is 2.19. The molecule has 0 unspecified atom stereocenters. The van der Waals surface area contributed by atoms with Crippen molar-refractivity contribution in [3.63, 3.8) is 0 Å². The highest BCUT2D eigenvalue weighted by atomic mass is 14.9. The van der Waals surface area contributed by atoms with E-state index in [9.17, 15) is 0 Å². The first-order chi connectivity index (χ1) is 7.96. The van der Waals surface area contributed by atoms with Crippen molar-refractivity contribution in [2.24, 2.45) is 0 Å². The average Bonchev–Trinajstić information content (AvgIpc) is 2.59. The van der Waals surface area contributed by atoms with Crippen molar-refractivity contribution in [1.82, 2.24) is 10.3 Å². The third-order valence-corrected chi connectivity index (χ3v) is 2.97. The number of benzene rings is 1.